The first-order chi connectivity index (χ1) is 10.3. The minimum Gasteiger partial charge on any atom is -0.464 e. The number of alkyl halides is 3. The molecule has 2 atom stereocenters. The Morgan fingerprint density at radius 2 is 1.87 bits per heavy atom. The zero-order chi connectivity index (χ0) is 18.1. The normalized spacial score (nSPS) is 21.7. The van der Waals surface area contributed by atoms with Gasteiger partial charge in [0.2, 0.25) is 0 Å². The topological polar surface area (TPSA) is 63.6 Å². The van der Waals surface area contributed by atoms with Crippen LogP contribution >= 0.6 is 0 Å². The smallest absolute Gasteiger partial charge is 0.428 e. The predicted molar refractivity (Wildman–Crippen MR) is 72.9 cm³/mol. The van der Waals surface area contributed by atoms with E-state index in [2.05, 4.69) is 4.74 Å². The number of carbonyl (C=O) groups excluding carboxylic acids is 2. The van der Waals surface area contributed by atoms with E-state index in [0.717, 1.165) is 18.2 Å². The van der Waals surface area contributed by atoms with Crippen molar-refractivity contribution in [1.82, 2.24) is 0 Å². The second-order valence-corrected chi connectivity index (χ2v) is 6.01. The zero-order valence-corrected chi connectivity index (χ0v) is 12.9. The lowest BCUT2D eigenvalue weighted by molar-refractivity contribution is -0.271. The summed E-state index contributed by atoms with van der Waals surface area (Å²) < 4.78 is 57.3. The summed E-state index contributed by atoms with van der Waals surface area (Å²) in [5, 5.41) is 9.92. The van der Waals surface area contributed by atoms with Gasteiger partial charge >= 0.3 is 12.1 Å². The number of hydrogen-bond donors (Lipinski definition) is 1. The van der Waals surface area contributed by atoms with Crippen LogP contribution in [0.25, 0.3) is 0 Å². The number of aliphatic hydroxyl groups is 1. The summed E-state index contributed by atoms with van der Waals surface area (Å²) in [6.07, 6.45) is -3.75. The number of ketones is 1. The largest absolute Gasteiger partial charge is 0.464 e. The maximum Gasteiger partial charge on any atom is 0.428 e. The molecule has 2 unspecified atom stereocenters. The van der Waals surface area contributed by atoms with E-state index in [-0.39, 0.29) is 6.61 Å². The van der Waals surface area contributed by atoms with E-state index in [1.54, 1.807) is 0 Å². The van der Waals surface area contributed by atoms with Gasteiger partial charge in [0.15, 0.2) is 5.78 Å². The molecule has 0 aromatic rings. The standard InChI is InChI=1S/C15H18F4O4/c1-4-23-12(21)14(22,15(17,18)19)8-13(2,3)10-7-9(16)5-6-11(10)20/h5-7,10,22H,4,8H2,1-3H3. The summed E-state index contributed by atoms with van der Waals surface area (Å²) in [4.78, 5) is 23.5. The van der Waals surface area contributed by atoms with Crippen LogP contribution in [0.5, 0.6) is 0 Å². The molecule has 0 amide bonds. The highest BCUT2D eigenvalue weighted by molar-refractivity contribution is 5.95. The highest BCUT2D eigenvalue weighted by Crippen LogP contribution is 2.45. The van der Waals surface area contributed by atoms with E-state index in [0.29, 0.717) is 0 Å². The van der Waals surface area contributed by atoms with Gasteiger partial charge in [0.25, 0.3) is 5.60 Å². The van der Waals surface area contributed by atoms with Gasteiger partial charge in [-0.1, -0.05) is 13.8 Å². The molecule has 0 aliphatic heterocycles. The van der Waals surface area contributed by atoms with Gasteiger partial charge < -0.3 is 9.84 Å². The molecule has 0 aromatic heterocycles. The number of hydrogen-bond acceptors (Lipinski definition) is 4. The summed E-state index contributed by atoms with van der Waals surface area (Å²) in [5.41, 5.74) is -5.32. The number of carbonyl (C=O) groups is 2. The van der Waals surface area contributed by atoms with Crippen molar-refractivity contribution in [3.8, 4) is 0 Å². The molecule has 23 heavy (non-hydrogen) atoms. The van der Waals surface area contributed by atoms with Gasteiger partial charge in [-0.25, -0.2) is 9.18 Å². The van der Waals surface area contributed by atoms with Crippen LogP contribution in [0.4, 0.5) is 17.6 Å². The molecule has 1 aliphatic rings. The van der Waals surface area contributed by atoms with Gasteiger partial charge in [-0.3, -0.25) is 4.79 Å². The van der Waals surface area contributed by atoms with Crippen molar-refractivity contribution in [1.29, 1.82) is 0 Å². The molecule has 0 heterocycles. The molecule has 1 rings (SSSR count). The van der Waals surface area contributed by atoms with E-state index < -0.39 is 47.1 Å². The van der Waals surface area contributed by atoms with E-state index in [1.807, 2.05) is 0 Å². The van der Waals surface area contributed by atoms with Gasteiger partial charge in [0.05, 0.1) is 6.61 Å². The van der Waals surface area contributed by atoms with E-state index in [9.17, 15) is 32.3 Å². The summed E-state index contributed by atoms with van der Waals surface area (Å²) in [5.74, 6) is -4.46. The minimum absolute atomic E-state index is 0.350. The maximum atomic E-state index is 13.3. The zero-order valence-electron chi connectivity index (χ0n) is 12.9. The third kappa shape index (κ3) is 3.99. The monoisotopic (exact) mass is 338 g/mol. The fourth-order valence-corrected chi connectivity index (χ4v) is 2.48. The van der Waals surface area contributed by atoms with Crippen molar-refractivity contribution in [2.75, 3.05) is 6.61 Å². The first-order valence-corrected chi connectivity index (χ1v) is 6.90. The summed E-state index contributed by atoms with van der Waals surface area (Å²) >= 11 is 0. The van der Waals surface area contributed by atoms with Crippen LogP contribution < -0.4 is 0 Å². The molecule has 0 aromatic carbocycles. The molecule has 0 fully saturated rings. The molecular weight excluding hydrogens is 320 g/mol. The summed E-state index contributed by atoms with van der Waals surface area (Å²) in [7, 11) is 0. The van der Waals surface area contributed by atoms with Crippen LogP contribution in [-0.4, -0.2) is 35.2 Å². The molecule has 8 heteroatoms. The van der Waals surface area contributed by atoms with Gasteiger partial charge in [-0.05, 0) is 30.6 Å². The Morgan fingerprint density at radius 3 is 2.35 bits per heavy atom. The Morgan fingerprint density at radius 1 is 1.30 bits per heavy atom. The Hall–Kier alpha value is -1.70. The number of ether oxygens (including phenoxy) is 1. The first kappa shape index (κ1) is 19.3. The average molecular weight is 338 g/mol. The van der Waals surface area contributed by atoms with Crippen LogP contribution in [0, 0.1) is 11.3 Å². The molecular formula is C15H18F4O4. The van der Waals surface area contributed by atoms with Crippen LogP contribution in [0.2, 0.25) is 0 Å². The van der Waals surface area contributed by atoms with Crippen molar-refractivity contribution in [3.63, 3.8) is 0 Å². The molecule has 0 saturated heterocycles. The Kier molecular flexibility index (Phi) is 5.41. The number of halogens is 4. The molecule has 0 radical (unpaired) electrons. The fourth-order valence-electron chi connectivity index (χ4n) is 2.48. The van der Waals surface area contributed by atoms with Gasteiger partial charge in [0, 0.05) is 12.3 Å². The van der Waals surface area contributed by atoms with E-state index in [1.165, 1.54) is 20.8 Å². The SMILES string of the molecule is CCOC(=O)C(O)(CC(C)(C)C1C=C(F)C=CC1=O)C(F)(F)F. The van der Waals surface area contributed by atoms with Crippen LogP contribution in [0.3, 0.4) is 0 Å². The lowest BCUT2D eigenvalue weighted by Gasteiger charge is -2.38. The molecule has 0 spiro atoms. The van der Waals surface area contributed by atoms with Crippen molar-refractivity contribution in [3.05, 3.63) is 24.1 Å². The van der Waals surface area contributed by atoms with Crippen LogP contribution in [0.15, 0.2) is 24.1 Å². The van der Waals surface area contributed by atoms with Crippen LogP contribution in [-0.2, 0) is 14.3 Å². The van der Waals surface area contributed by atoms with Crippen molar-refractivity contribution in [2.24, 2.45) is 11.3 Å². The van der Waals surface area contributed by atoms with E-state index in [4.69, 9.17) is 0 Å². The van der Waals surface area contributed by atoms with E-state index >= 15 is 0 Å². The highest BCUT2D eigenvalue weighted by Gasteiger charge is 2.63. The lowest BCUT2D eigenvalue weighted by atomic mass is 9.68. The third-order valence-corrected chi connectivity index (χ3v) is 3.67. The summed E-state index contributed by atoms with van der Waals surface area (Å²) in [6, 6.07) is 0. The number of allylic oxidation sites excluding steroid dienone is 4. The molecule has 0 bridgehead atoms. The number of esters is 1. The van der Waals surface area contributed by atoms with Crippen molar-refractivity contribution >= 4 is 11.8 Å². The molecule has 1 N–H and O–H groups in total. The van der Waals surface area contributed by atoms with Crippen LogP contribution in [0.1, 0.15) is 27.2 Å². The molecule has 1 aliphatic carbocycles. The Balaban J connectivity index is 3.19. The molecule has 4 nitrogen and oxygen atoms in total. The molecule has 130 valence electrons. The second kappa shape index (κ2) is 6.43. The van der Waals surface area contributed by atoms with Gasteiger partial charge in [0.1, 0.15) is 5.83 Å². The quantitative estimate of drug-likeness (QED) is 0.618. The number of rotatable bonds is 5. The van der Waals surface area contributed by atoms with Gasteiger partial charge in [-0.2, -0.15) is 13.2 Å². The average Bonchev–Trinajstić information content (AvgIpc) is 2.39. The lowest BCUT2D eigenvalue weighted by Crippen LogP contribution is -2.56. The van der Waals surface area contributed by atoms with Gasteiger partial charge in [-0.15, -0.1) is 0 Å². The predicted octanol–water partition coefficient (Wildman–Crippen LogP) is 2.87. The van der Waals surface area contributed by atoms with Crippen molar-refractivity contribution < 1.29 is 37.0 Å². The first-order valence-electron chi connectivity index (χ1n) is 6.90. The third-order valence-electron chi connectivity index (χ3n) is 3.67. The molecule has 0 saturated carbocycles. The minimum atomic E-state index is -5.30. The Bertz CT molecular complexity index is 548. The highest BCUT2D eigenvalue weighted by atomic mass is 19.4. The van der Waals surface area contributed by atoms with Crippen molar-refractivity contribution in [2.45, 2.75) is 39.0 Å². The fraction of sp³-hybridized carbons (Fsp3) is 0.600. The summed E-state index contributed by atoms with van der Waals surface area (Å²) in [6.45, 7) is 3.44. The second-order valence-electron chi connectivity index (χ2n) is 6.01. The Labute approximate surface area is 130 Å². The maximum absolute atomic E-state index is 13.3.